The molecule has 46 nitrogen and oxygen atoms in total. The average molecular weight is 1820 g/mol. The van der Waals surface area contributed by atoms with Crippen molar-refractivity contribution in [3.8, 4) is 0 Å². The quantitative estimate of drug-likeness (QED) is 0.0206. The predicted octanol–water partition coefficient (Wildman–Crippen LogP) is -3.66. The van der Waals surface area contributed by atoms with E-state index in [1.807, 2.05) is 0 Å². The van der Waals surface area contributed by atoms with Gasteiger partial charge in [-0.25, -0.2) is 13.7 Å². The lowest BCUT2D eigenvalue weighted by Crippen LogP contribution is -2.64. The number of aliphatic hydroxyl groups is 10. The fraction of sp³-hybridized carbons (Fsp3) is 0.877. The minimum atomic E-state index is -5.15. The maximum Gasteiger partial charge on any atom is 0.472 e. The second kappa shape index (κ2) is 53.7. The number of rotatable bonds is 56. The first kappa shape index (κ1) is 106. The molecule has 0 aliphatic carbocycles. The van der Waals surface area contributed by atoms with Gasteiger partial charge in [-0.3, -0.25) is 70.3 Å². The van der Waals surface area contributed by atoms with Crippen LogP contribution >= 0.6 is 23.5 Å². The van der Waals surface area contributed by atoms with E-state index in [0.717, 1.165) is 7.11 Å². The average Bonchev–Trinajstić information content (AvgIpc) is 1.79. The first-order valence-corrected chi connectivity index (χ1v) is 46.1. The lowest BCUT2D eigenvalue weighted by Gasteiger charge is -2.42. The summed E-state index contributed by atoms with van der Waals surface area (Å²) >= 11 is 0. The summed E-state index contributed by atoms with van der Waals surface area (Å²) in [7, 11) is -13.9. The summed E-state index contributed by atoms with van der Waals surface area (Å²) in [6.07, 6.45) is -13.6. The minimum absolute atomic E-state index is 0.0163. The topological polar surface area (TPSA) is 660 Å². The summed E-state index contributed by atoms with van der Waals surface area (Å²) in [5, 5.41) is 117. The Kier molecular flexibility index (Phi) is 46.5. The molecule has 0 radical (unpaired) electrons. The van der Waals surface area contributed by atoms with Crippen LogP contribution < -0.4 is 31.9 Å². The van der Waals surface area contributed by atoms with Crippen LogP contribution in [0.4, 0.5) is 0 Å². The zero-order chi connectivity index (χ0) is 89.9. The Morgan fingerprint density at radius 1 is 0.377 bits per heavy atom. The molecule has 0 spiro atoms. The molecule has 6 fully saturated rings. The number of amides is 9. The first-order valence-electron chi connectivity index (χ1n) is 41.6. The van der Waals surface area contributed by atoms with Crippen LogP contribution in [0.25, 0.3) is 0 Å². The summed E-state index contributed by atoms with van der Waals surface area (Å²) in [5.41, 5.74) is 0. The minimum Gasteiger partial charge on any atom is -0.394 e. The van der Waals surface area contributed by atoms with Crippen LogP contribution in [0.5, 0.6) is 0 Å². The lowest BCUT2D eigenvalue weighted by atomic mass is 9.97. The van der Waals surface area contributed by atoms with E-state index in [0.29, 0.717) is 96.4 Å². The molecule has 122 heavy (non-hydrogen) atoms. The van der Waals surface area contributed by atoms with Crippen LogP contribution in [0.15, 0.2) is 0 Å². The van der Waals surface area contributed by atoms with Crippen LogP contribution in [0.1, 0.15) is 175 Å². The van der Waals surface area contributed by atoms with Crippen molar-refractivity contribution in [1.82, 2.24) is 46.6 Å². The van der Waals surface area contributed by atoms with Gasteiger partial charge in [0, 0.05) is 125 Å². The van der Waals surface area contributed by atoms with Crippen molar-refractivity contribution in [1.29, 1.82) is 0 Å². The summed E-state index contributed by atoms with van der Waals surface area (Å²) in [5.74, 6) is -3.71. The Morgan fingerprint density at radius 3 is 0.959 bits per heavy atom. The molecule has 6 heterocycles. The van der Waals surface area contributed by atoms with Gasteiger partial charge in [-0.2, -0.15) is 0 Å². The van der Waals surface area contributed by atoms with Crippen LogP contribution in [-0.2, 0) is 112 Å². The summed E-state index contributed by atoms with van der Waals surface area (Å²) in [6, 6.07) is -6.31. The molecule has 0 bridgehead atoms. The van der Waals surface area contributed by atoms with E-state index in [2.05, 4.69) is 36.4 Å². The third-order valence-corrected chi connectivity index (χ3v) is 24.4. The number of hydrogen-bond donors (Lipinski definition) is 19. The predicted molar refractivity (Wildman–Crippen MR) is 420 cm³/mol. The normalized spacial score (nSPS) is 30.1. The molecule has 6 aliphatic rings. The molecule has 6 aliphatic heterocycles. The number of nitrogens with one attached hydrogen (secondary N) is 6. The molecule has 20 unspecified atom stereocenters. The fourth-order valence-electron chi connectivity index (χ4n) is 14.9. The van der Waals surface area contributed by atoms with Crippen molar-refractivity contribution in [2.75, 3.05) is 106 Å². The number of phosphoric ester groups is 3. The molecule has 49 heteroatoms. The first-order chi connectivity index (χ1) is 57.9. The van der Waals surface area contributed by atoms with Gasteiger partial charge in [-0.1, -0.05) is 19.3 Å². The van der Waals surface area contributed by atoms with Gasteiger partial charge in [0.25, 0.3) is 0 Å². The number of unbranched alkanes of at least 4 members (excludes halogenated alkanes) is 9. The number of likely N-dealkylation sites (tertiary alicyclic amines) is 3. The van der Waals surface area contributed by atoms with Gasteiger partial charge in [-0.15, -0.1) is 0 Å². The van der Waals surface area contributed by atoms with E-state index < -0.39 is 221 Å². The van der Waals surface area contributed by atoms with E-state index in [9.17, 15) is 123 Å². The number of β-amino-alcohol motifs (C(OH)–C–C–N with tert-alkyl or cyclic N) is 1. The number of ether oxygens (including phenoxy) is 6. The Labute approximate surface area is 707 Å². The number of carbonyl (C=O) groups is 9. The highest BCUT2D eigenvalue weighted by Crippen LogP contribution is 2.50. The van der Waals surface area contributed by atoms with Crippen molar-refractivity contribution >= 4 is 76.6 Å². The van der Waals surface area contributed by atoms with Crippen molar-refractivity contribution < 1.29 is 178 Å². The Balaban J connectivity index is 0.964. The van der Waals surface area contributed by atoms with E-state index in [1.54, 1.807) is 0 Å². The largest absolute Gasteiger partial charge is 0.472 e. The molecule has 6 saturated heterocycles. The van der Waals surface area contributed by atoms with Gasteiger partial charge in [-0.05, 0) is 96.3 Å². The van der Waals surface area contributed by atoms with Crippen molar-refractivity contribution in [2.45, 2.75) is 303 Å². The van der Waals surface area contributed by atoms with Crippen LogP contribution in [-0.4, -0.2) is 368 Å². The highest BCUT2D eigenvalue weighted by molar-refractivity contribution is 7.48. The smallest absolute Gasteiger partial charge is 0.394 e. The second-order valence-corrected chi connectivity index (χ2v) is 35.5. The summed E-state index contributed by atoms with van der Waals surface area (Å²) in [4.78, 5) is 151. The number of phosphoric acid groups is 3. The molecule has 19 N–H and O–H groups in total. The third kappa shape index (κ3) is 36.2. The fourth-order valence-corrected chi connectivity index (χ4v) is 17.3. The van der Waals surface area contributed by atoms with Crippen LogP contribution in [0.3, 0.4) is 0 Å². The standard InChI is InChI=1S/C73H130N9O37P3/c1-44(86)77-62-68(99)65(96)53(38-83)115-71(62)109-29-17-11-20-56(90)74-26-14-5-8-23-59(93)80-35-50(89)32-47(80)41-113-121(104,105)118-52-34-49(82(37-52)61(95)25-10-7-16-28-76-58(92)22-13-19-31-111-73-64(79-46(3)88)70(101)67(98)55(40-85)117-73)43-114-122(106,107)119-51-33-48(42-112-120(102,103)108-4)81(36-51)60(94)24-9-6-15-27-75-57(91)21-12-18-30-110-72-63(78-45(2)87)69(100)66(97)54(39-84)116-72/h47-55,62-73,83-85,89,96-101H,5-43H2,1-4H3,(H,74,90)(H,75,91)(H,76,92)(H,77,86)(H,78,87)(H,79,88)(H,102,103)(H,104,105)(H,106,107)/t47?,48-,49?,50+,51+,52+,53?,54?,55?,62?,63?,64?,65?,66?,67?,68?,69?,70?,71?,72?,73?/m0/s1. The van der Waals surface area contributed by atoms with Crippen LogP contribution in [0.2, 0.25) is 0 Å². The molecule has 0 aromatic heterocycles. The highest BCUT2D eigenvalue weighted by atomic mass is 31.2. The second-order valence-electron chi connectivity index (χ2n) is 31.2. The summed E-state index contributed by atoms with van der Waals surface area (Å²) in [6.45, 7) is 0.151. The zero-order valence-electron chi connectivity index (χ0n) is 69.5. The Bertz CT molecular complexity index is 3410. The van der Waals surface area contributed by atoms with E-state index >= 15 is 0 Å². The zero-order valence-corrected chi connectivity index (χ0v) is 72.2. The number of aliphatic hydroxyl groups excluding tert-OH is 10. The van der Waals surface area contributed by atoms with Crippen molar-refractivity contribution in [3.05, 3.63) is 0 Å². The monoisotopic (exact) mass is 1820 g/mol. The Morgan fingerprint density at radius 2 is 0.664 bits per heavy atom. The maximum absolute atomic E-state index is 14.1. The van der Waals surface area contributed by atoms with Gasteiger partial charge in [0.1, 0.15) is 73.1 Å². The third-order valence-electron chi connectivity index (χ3n) is 21.4. The van der Waals surface area contributed by atoms with Gasteiger partial charge in [0.15, 0.2) is 18.9 Å². The lowest BCUT2D eigenvalue weighted by molar-refractivity contribution is -0.270. The number of carbonyl (C=O) groups excluding carboxylic acids is 9. The van der Waals surface area contributed by atoms with Gasteiger partial charge >= 0.3 is 23.5 Å². The number of nitrogens with zero attached hydrogens (tertiary/aromatic N) is 3. The highest BCUT2D eigenvalue weighted by Gasteiger charge is 2.50. The molecule has 6 rings (SSSR count). The van der Waals surface area contributed by atoms with Crippen molar-refractivity contribution in [2.24, 2.45) is 0 Å². The molecular weight excluding hydrogens is 1690 g/mol. The van der Waals surface area contributed by atoms with E-state index in [-0.39, 0.29) is 140 Å². The molecule has 0 saturated carbocycles. The van der Waals surface area contributed by atoms with Crippen molar-refractivity contribution in [3.63, 3.8) is 0 Å². The molecule has 0 aromatic carbocycles. The maximum atomic E-state index is 14.1. The van der Waals surface area contributed by atoms with Gasteiger partial charge in [0.05, 0.1) is 76.1 Å². The molecule has 24 atom stereocenters. The summed E-state index contributed by atoms with van der Waals surface area (Å²) < 4.78 is 106. The Hall–Kier alpha value is -5.08. The van der Waals surface area contributed by atoms with Crippen LogP contribution in [0, 0.1) is 0 Å². The molecular formula is C73H130N9O37P3. The van der Waals surface area contributed by atoms with Gasteiger partial charge in [0.2, 0.25) is 53.2 Å². The SMILES string of the molecule is COP(=O)(O)OC[C@@H]1C[C@@H](OP(=O)(O)OCC2C[C@@H](OP(=O)(O)OCC3C[C@@H](O)CN3C(=O)CCCCCNC(=O)CCCCOC3OC(CO)C(O)C(O)C3NC(C)=O)CN2C(=O)CCCCCNC(=O)CCCCOC2OC(CO)C(O)C(O)C2NC(C)=O)CN1C(=O)CCCCCNC(=O)CCCCOC1OC(CO)C(O)C(O)C1NC(C)=O. The van der Waals surface area contributed by atoms with Gasteiger partial charge < -0.3 is 141 Å². The number of hydrogen-bond acceptors (Lipinski definition) is 34. The molecule has 9 amide bonds. The van der Waals surface area contributed by atoms with E-state index in [4.69, 9.17) is 51.0 Å². The van der Waals surface area contributed by atoms with E-state index in [1.165, 1.54) is 35.5 Å². The molecule has 704 valence electrons. The molecule has 0 aromatic rings.